The summed E-state index contributed by atoms with van der Waals surface area (Å²) in [4.78, 5) is 7.42. The molecule has 1 saturated carbocycles. The van der Waals surface area contributed by atoms with E-state index in [9.17, 15) is 0 Å². The summed E-state index contributed by atoms with van der Waals surface area (Å²) in [5.41, 5.74) is 1.12. The Bertz CT molecular complexity index is 287. The van der Waals surface area contributed by atoms with Crippen LogP contribution in [0.5, 0.6) is 0 Å². The van der Waals surface area contributed by atoms with Crippen LogP contribution in [0.4, 0.5) is 5.95 Å². The van der Waals surface area contributed by atoms with Crippen molar-refractivity contribution in [2.45, 2.75) is 45.4 Å². The van der Waals surface area contributed by atoms with Gasteiger partial charge in [0.2, 0.25) is 0 Å². The number of rotatable bonds is 4. The van der Waals surface area contributed by atoms with Crippen LogP contribution in [0.3, 0.4) is 0 Å². The van der Waals surface area contributed by atoms with E-state index < -0.39 is 0 Å². The molecule has 1 aromatic heterocycles. The van der Waals surface area contributed by atoms with Gasteiger partial charge in [-0.05, 0) is 19.3 Å². The van der Waals surface area contributed by atoms with Crippen molar-refractivity contribution in [3.05, 3.63) is 11.9 Å². The summed E-state index contributed by atoms with van der Waals surface area (Å²) in [6.45, 7) is 3.08. The monoisotopic (exact) mass is 207 g/mol. The molecular formula is C12H21N3. The van der Waals surface area contributed by atoms with Crippen LogP contribution in [0.15, 0.2) is 6.20 Å². The van der Waals surface area contributed by atoms with E-state index in [2.05, 4.69) is 15.3 Å². The number of anilines is 1. The second kappa shape index (κ2) is 5.19. The third-order valence-electron chi connectivity index (χ3n) is 3.27. The van der Waals surface area contributed by atoms with Crippen LogP contribution in [-0.4, -0.2) is 16.5 Å². The quantitative estimate of drug-likeness (QED) is 0.796. The van der Waals surface area contributed by atoms with Crippen molar-refractivity contribution < 1.29 is 0 Å². The number of aryl methyl sites for hydroxylation is 1. The van der Waals surface area contributed by atoms with E-state index in [1.165, 1.54) is 38.5 Å². The minimum atomic E-state index is 0.920. The third-order valence-corrected chi connectivity index (χ3v) is 3.27. The number of nitrogens with zero attached hydrogens (tertiary/aromatic N) is 1. The van der Waals surface area contributed by atoms with E-state index in [0.717, 1.165) is 24.1 Å². The highest BCUT2D eigenvalue weighted by Crippen LogP contribution is 2.25. The fraction of sp³-hybridized carbons (Fsp3) is 0.750. The summed E-state index contributed by atoms with van der Waals surface area (Å²) < 4.78 is 0. The first-order chi connectivity index (χ1) is 7.34. The molecule has 0 unspecified atom stereocenters. The minimum Gasteiger partial charge on any atom is -0.356 e. The molecule has 0 saturated heterocycles. The van der Waals surface area contributed by atoms with Crippen molar-refractivity contribution in [1.29, 1.82) is 0 Å². The SMILES string of the molecule is Cc1cnc(NCCC2CCCCC2)[nH]1. The molecule has 0 aromatic carbocycles. The molecule has 1 fully saturated rings. The molecule has 84 valence electrons. The fourth-order valence-electron chi connectivity index (χ4n) is 2.37. The molecule has 0 radical (unpaired) electrons. The van der Waals surface area contributed by atoms with Gasteiger partial charge in [0.25, 0.3) is 0 Å². The maximum atomic E-state index is 4.23. The largest absolute Gasteiger partial charge is 0.356 e. The molecule has 0 atom stereocenters. The van der Waals surface area contributed by atoms with E-state index in [-0.39, 0.29) is 0 Å². The molecule has 3 heteroatoms. The molecule has 0 spiro atoms. The highest BCUT2D eigenvalue weighted by atomic mass is 15.1. The first-order valence-electron chi connectivity index (χ1n) is 6.10. The predicted octanol–water partition coefficient (Wildman–Crippen LogP) is 3.10. The zero-order chi connectivity index (χ0) is 10.5. The Morgan fingerprint density at radius 2 is 2.20 bits per heavy atom. The van der Waals surface area contributed by atoms with Crippen molar-refractivity contribution in [3.63, 3.8) is 0 Å². The van der Waals surface area contributed by atoms with Crippen LogP contribution < -0.4 is 5.32 Å². The first-order valence-corrected chi connectivity index (χ1v) is 6.10. The molecule has 0 amide bonds. The van der Waals surface area contributed by atoms with Crippen LogP contribution in [0, 0.1) is 12.8 Å². The Kier molecular flexibility index (Phi) is 3.64. The maximum Gasteiger partial charge on any atom is 0.200 e. The van der Waals surface area contributed by atoms with Gasteiger partial charge in [0.05, 0.1) is 0 Å². The Balaban J connectivity index is 1.65. The number of aromatic nitrogens is 2. The average Bonchev–Trinajstić information content (AvgIpc) is 2.66. The Morgan fingerprint density at radius 1 is 1.40 bits per heavy atom. The fourth-order valence-corrected chi connectivity index (χ4v) is 2.37. The summed E-state index contributed by atoms with van der Waals surface area (Å²) in [6.07, 6.45) is 10.3. The van der Waals surface area contributed by atoms with Gasteiger partial charge in [-0.25, -0.2) is 4.98 Å². The van der Waals surface area contributed by atoms with Crippen LogP contribution in [0.2, 0.25) is 0 Å². The van der Waals surface area contributed by atoms with Crippen molar-refractivity contribution in [1.82, 2.24) is 9.97 Å². The van der Waals surface area contributed by atoms with Gasteiger partial charge < -0.3 is 10.3 Å². The first kappa shape index (κ1) is 10.5. The summed E-state index contributed by atoms with van der Waals surface area (Å²) >= 11 is 0. The molecule has 0 aliphatic heterocycles. The standard InChI is InChI=1S/C12H21N3/c1-10-9-14-12(15-10)13-8-7-11-5-3-2-4-6-11/h9,11H,2-8H2,1H3,(H2,13,14,15). The highest BCUT2D eigenvalue weighted by molar-refractivity contribution is 5.25. The summed E-state index contributed by atoms with van der Waals surface area (Å²) in [5, 5.41) is 3.35. The number of hydrogen-bond donors (Lipinski definition) is 2. The number of imidazole rings is 1. The van der Waals surface area contributed by atoms with Gasteiger partial charge >= 0.3 is 0 Å². The Labute approximate surface area is 91.7 Å². The molecule has 15 heavy (non-hydrogen) atoms. The summed E-state index contributed by atoms with van der Waals surface area (Å²) in [6, 6.07) is 0. The van der Waals surface area contributed by atoms with E-state index in [4.69, 9.17) is 0 Å². The minimum absolute atomic E-state index is 0.920. The lowest BCUT2D eigenvalue weighted by molar-refractivity contribution is 0.345. The van der Waals surface area contributed by atoms with E-state index in [1.54, 1.807) is 0 Å². The second-order valence-corrected chi connectivity index (χ2v) is 4.63. The molecule has 3 nitrogen and oxygen atoms in total. The average molecular weight is 207 g/mol. The van der Waals surface area contributed by atoms with Gasteiger partial charge in [0.1, 0.15) is 0 Å². The van der Waals surface area contributed by atoms with Crippen molar-refractivity contribution in [2.24, 2.45) is 5.92 Å². The molecule has 1 aliphatic rings. The molecule has 1 heterocycles. The molecular weight excluding hydrogens is 186 g/mol. The third kappa shape index (κ3) is 3.26. The molecule has 1 aliphatic carbocycles. The van der Waals surface area contributed by atoms with Gasteiger partial charge in [0.15, 0.2) is 5.95 Å². The van der Waals surface area contributed by atoms with Crippen molar-refractivity contribution in [3.8, 4) is 0 Å². The van der Waals surface area contributed by atoms with Gasteiger partial charge in [-0.2, -0.15) is 0 Å². The van der Waals surface area contributed by atoms with Crippen LogP contribution in [0.25, 0.3) is 0 Å². The molecule has 2 N–H and O–H groups in total. The van der Waals surface area contributed by atoms with Crippen LogP contribution in [-0.2, 0) is 0 Å². The normalized spacial score (nSPS) is 17.9. The molecule has 2 rings (SSSR count). The summed E-state index contributed by atoms with van der Waals surface area (Å²) in [7, 11) is 0. The maximum absolute atomic E-state index is 4.23. The van der Waals surface area contributed by atoms with Gasteiger partial charge in [-0.15, -0.1) is 0 Å². The molecule has 1 aromatic rings. The number of aromatic amines is 1. The molecule has 0 bridgehead atoms. The van der Waals surface area contributed by atoms with Gasteiger partial charge in [-0.1, -0.05) is 32.1 Å². The predicted molar refractivity (Wildman–Crippen MR) is 63.0 cm³/mol. The highest BCUT2D eigenvalue weighted by Gasteiger charge is 2.12. The summed E-state index contributed by atoms with van der Waals surface area (Å²) in [5.74, 6) is 1.87. The topological polar surface area (TPSA) is 40.7 Å². The Hall–Kier alpha value is -0.990. The van der Waals surface area contributed by atoms with Crippen LogP contribution >= 0.6 is 0 Å². The Morgan fingerprint density at radius 3 is 2.87 bits per heavy atom. The second-order valence-electron chi connectivity index (χ2n) is 4.63. The number of nitrogens with one attached hydrogen (secondary N) is 2. The van der Waals surface area contributed by atoms with Gasteiger partial charge in [0, 0.05) is 18.4 Å². The number of H-pyrrole nitrogens is 1. The van der Waals surface area contributed by atoms with Crippen LogP contribution in [0.1, 0.15) is 44.2 Å². The zero-order valence-electron chi connectivity index (χ0n) is 9.55. The lowest BCUT2D eigenvalue weighted by atomic mass is 9.87. The lowest BCUT2D eigenvalue weighted by Crippen LogP contribution is -2.12. The van der Waals surface area contributed by atoms with E-state index >= 15 is 0 Å². The van der Waals surface area contributed by atoms with Crippen molar-refractivity contribution >= 4 is 5.95 Å². The van der Waals surface area contributed by atoms with E-state index in [1.807, 2.05) is 13.1 Å². The van der Waals surface area contributed by atoms with E-state index in [0.29, 0.717) is 0 Å². The lowest BCUT2D eigenvalue weighted by Gasteiger charge is -2.21. The smallest absolute Gasteiger partial charge is 0.200 e. The van der Waals surface area contributed by atoms with Gasteiger partial charge in [-0.3, -0.25) is 0 Å². The number of hydrogen-bond acceptors (Lipinski definition) is 2. The van der Waals surface area contributed by atoms with Crippen molar-refractivity contribution in [2.75, 3.05) is 11.9 Å². The zero-order valence-corrected chi connectivity index (χ0v) is 9.55.